The summed E-state index contributed by atoms with van der Waals surface area (Å²) in [6, 6.07) is 3.90. The van der Waals surface area contributed by atoms with Gasteiger partial charge < -0.3 is 14.8 Å². The molecular formula is C17H12F4N6O3S. The number of halogens is 4. The molecule has 0 fully saturated rings. The number of hydrogen-bond donors (Lipinski definition) is 1. The quantitative estimate of drug-likeness (QED) is 0.517. The highest BCUT2D eigenvalue weighted by atomic mass is 32.1. The molecule has 1 amide bonds. The van der Waals surface area contributed by atoms with Gasteiger partial charge in [0.05, 0.1) is 12.2 Å². The maximum atomic E-state index is 12.6. The molecule has 0 bridgehead atoms. The highest BCUT2D eigenvalue weighted by Crippen LogP contribution is 2.26. The van der Waals surface area contributed by atoms with E-state index >= 15 is 0 Å². The molecule has 14 heteroatoms. The minimum atomic E-state index is -3.23. The fourth-order valence-corrected chi connectivity index (χ4v) is 3.18. The van der Waals surface area contributed by atoms with Crippen molar-refractivity contribution in [1.82, 2.24) is 25.1 Å². The van der Waals surface area contributed by atoms with Crippen molar-refractivity contribution in [2.45, 2.75) is 26.2 Å². The molecule has 1 unspecified atom stereocenters. The molecule has 162 valence electrons. The molecule has 0 saturated carbocycles. The number of carbonyl (C=O) groups excluding carboxylic acids is 1. The summed E-state index contributed by atoms with van der Waals surface area (Å²) < 4.78 is 59.8. The molecule has 0 aliphatic rings. The van der Waals surface area contributed by atoms with Gasteiger partial charge >= 0.3 is 13.2 Å². The van der Waals surface area contributed by atoms with Gasteiger partial charge in [0.15, 0.2) is 5.82 Å². The summed E-state index contributed by atoms with van der Waals surface area (Å²) in [5, 5.41) is 15.8. The number of carbonyl (C=O) groups is 1. The van der Waals surface area contributed by atoms with Crippen LogP contribution in [0.4, 0.5) is 17.6 Å². The number of nitrogens with zero attached hydrogens (tertiary/aromatic N) is 5. The number of benzene rings is 1. The number of rotatable bonds is 8. The van der Waals surface area contributed by atoms with Crippen LogP contribution in [0, 0.1) is 11.3 Å². The van der Waals surface area contributed by atoms with E-state index in [0.29, 0.717) is 10.0 Å². The van der Waals surface area contributed by atoms with Gasteiger partial charge in [-0.05, 0) is 19.1 Å². The molecule has 0 saturated heterocycles. The van der Waals surface area contributed by atoms with Crippen molar-refractivity contribution in [1.29, 1.82) is 5.26 Å². The summed E-state index contributed by atoms with van der Waals surface area (Å²) in [7, 11) is 0. The summed E-state index contributed by atoms with van der Waals surface area (Å²) in [6.45, 7) is -4.90. The van der Waals surface area contributed by atoms with Gasteiger partial charge in [-0.25, -0.2) is 9.97 Å². The summed E-state index contributed by atoms with van der Waals surface area (Å²) >= 11 is 1.05. The standard InChI is InChI=1S/C17H12F4N6O3S/c1-8(13-24-7-25-27(13)17-23-6-12(5-22)31-17)26-14(28)9-2-10(29-15(18)19)4-11(3-9)30-16(20)21/h2-4,6-8,15-16H,1H3,(H,26,28). The topological polar surface area (TPSA) is 115 Å². The van der Waals surface area contributed by atoms with E-state index in [4.69, 9.17) is 5.26 Å². The first-order valence-corrected chi connectivity index (χ1v) is 9.20. The van der Waals surface area contributed by atoms with Gasteiger partial charge in [0, 0.05) is 11.6 Å². The van der Waals surface area contributed by atoms with Crippen molar-refractivity contribution in [3.05, 3.63) is 47.0 Å². The molecule has 1 aromatic carbocycles. The van der Waals surface area contributed by atoms with E-state index in [2.05, 4.69) is 29.9 Å². The smallest absolute Gasteiger partial charge is 0.387 e. The van der Waals surface area contributed by atoms with E-state index in [1.165, 1.54) is 17.2 Å². The van der Waals surface area contributed by atoms with Crippen LogP contribution in [-0.4, -0.2) is 38.9 Å². The number of alkyl halides is 4. The Balaban J connectivity index is 1.83. The van der Waals surface area contributed by atoms with Crippen LogP contribution in [0.15, 0.2) is 30.7 Å². The van der Waals surface area contributed by atoms with Gasteiger partial charge in [-0.15, -0.1) is 0 Å². The first-order valence-electron chi connectivity index (χ1n) is 8.38. The van der Waals surface area contributed by atoms with E-state index in [9.17, 15) is 22.4 Å². The summed E-state index contributed by atoms with van der Waals surface area (Å²) in [5.41, 5.74) is -0.257. The molecule has 9 nitrogen and oxygen atoms in total. The fourth-order valence-electron chi connectivity index (χ4n) is 2.50. The number of aromatic nitrogens is 4. The molecule has 0 aliphatic carbocycles. The van der Waals surface area contributed by atoms with Crippen molar-refractivity contribution in [3.8, 4) is 22.7 Å². The van der Waals surface area contributed by atoms with Crippen molar-refractivity contribution >= 4 is 17.2 Å². The van der Waals surface area contributed by atoms with E-state index in [1.807, 2.05) is 6.07 Å². The molecule has 3 aromatic rings. The second-order valence-corrected chi connectivity index (χ2v) is 6.80. The molecule has 2 aromatic heterocycles. The number of amides is 1. The molecular weight excluding hydrogens is 444 g/mol. The Morgan fingerprint density at radius 2 is 1.81 bits per heavy atom. The first-order chi connectivity index (χ1) is 14.8. The lowest BCUT2D eigenvalue weighted by Crippen LogP contribution is -2.28. The van der Waals surface area contributed by atoms with Gasteiger partial charge in [0.2, 0.25) is 5.13 Å². The SMILES string of the molecule is CC(NC(=O)c1cc(OC(F)F)cc(OC(F)F)c1)c1ncnn1-c1ncc(C#N)s1. The minimum absolute atomic E-state index is 0.257. The monoisotopic (exact) mass is 456 g/mol. The van der Waals surface area contributed by atoms with Gasteiger partial charge in [-0.3, -0.25) is 4.79 Å². The Hall–Kier alpha value is -3.73. The van der Waals surface area contributed by atoms with Crippen LogP contribution >= 0.6 is 11.3 Å². The van der Waals surface area contributed by atoms with Crippen LogP contribution in [0.5, 0.6) is 11.5 Å². The van der Waals surface area contributed by atoms with Crippen molar-refractivity contribution in [2.75, 3.05) is 0 Å². The van der Waals surface area contributed by atoms with Gasteiger partial charge in [-0.2, -0.15) is 32.6 Å². The number of nitrogens with one attached hydrogen (secondary N) is 1. The van der Waals surface area contributed by atoms with Crippen LogP contribution in [0.2, 0.25) is 0 Å². The molecule has 0 aliphatic heterocycles. The van der Waals surface area contributed by atoms with E-state index in [0.717, 1.165) is 29.5 Å². The molecule has 2 heterocycles. The predicted molar refractivity (Wildman–Crippen MR) is 97.3 cm³/mol. The van der Waals surface area contributed by atoms with Gasteiger partial charge in [0.25, 0.3) is 5.91 Å². The average molecular weight is 456 g/mol. The number of hydrogen-bond acceptors (Lipinski definition) is 8. The lowest BCUT2D eigenvalue weighted by Gasteiger charge is -2.15. The average Bonchev–Trinajstić information content (AvgIpc) is 3.35. The maximum absolute atomic E-state index is 12.6. The molecule has 1 N–H and O–H groups in total. The molecule has 0 radical (unpaired) electrons. The number of nitriles is 1. The third-order valence-corrected chi connectivity index (χ3v) is 4.56. The molecule has 3 rings (SSSR count). The summed E-state index contributed by atoms with van der Waals surface area (Å²) in [4.78, 5) is 21.1. The Kier molecular flexibility index (Phi) is 6.65. The van der Waals surface area contributed by atoms with Crippen LogP contribution in [0.1, 0.15) is 34.0 Å². The van der Waals surface area contributed by atoms with Crippen molar-refractivity contribution in [3.63, 3.8) is 0 Å². The Labute approximate surface area is 175 Å². The van der Waals surface area contributed by atoms with Gasteiger partial charge in [0.1, 0.15) is 28.8 Å². The third kappa shape index (κ3) is 5.45. The third-order valence-electron chi connectivity index (χ3n) is 3.69. The van der Waals surface area contributed by atoms with Crippen LogP contribution in [-0.2, 0) is 0 Å². The second-order valence-electron chi connectivity index (χ2n) is 5.79. The Morgan fingerprint density at radius 3 is 2.35 bits per heavy atom. The number of ether oxygens (including phenoxy) is 2. The summed E-state index contributed by atoms with van der Waals surface area (Å²) in [5.74, 6) is -1.59. The number of thiazole rings is 1. The van der Waals surface area contributed by atoms with E-state index in [-0.39, 0.29) is 11.4 Å². The minimum Gasteiger partial charge on any atom is -0.435 e. The lowest BCUT2D eigenvalue weighted by atomic mass is 10.1. The first kappa shape index (κ1) is 22.0. The summed E-state index contributed by atoms with van der Waals surface area (Å²) in [6.07, 6.45) is 2.57. The zero-order chi connectivity index (χ0) is 22.5. The zero-order valence-corrected chi connectivity index (χ0v) is 16.3. The van der Waals surface area contributed by atoms with E-state index in [1.54, 1.807) is 6.92 Å². The highest BCUT2D eigenvalue weighted by Gasteiger charge is 2.21. The molecule has 0 spiro atoms. The largest absolute Gasteiger partial charge is 0.435 e. The van der Waals surface area contributed by atoms with E-state index < -0.39 is 36.7 Å². The molecule has 1 atom stereocenters. The second kappa shape index (κ2) is 9.39. The maximum Gasteiger partial charge on any atom is 0.387 e. The van der Waals surface area contributed by atoms with Crippen LogP contribution < -0.4 is 14.8 Å². The Bertz CT molecular complexity index is 1090. The predicted octanol–water partition coefficient (Wildman–Crippen LogP) is 3.29. The van der Waals surface area contributed by atoms with Gasteiger partial charge in [-0.1, -0.05) is 11.3 Å². The normalized spacial score (nSPS) is 11.9. The van der Waals surface area contributed by atoms with Crippen LogP contribution in [0.25, 0.3) is 5.13 Å². The van der Waals surface area contributed by atoms with Crippen LogP contribution in [0.3, 0.4) is 0 Å². The lowest BCUT2D eigenvalue weighted by molar-refractivity contribution is -0.0543. The zero-order valence-electron chi connectivity index (χ0n) is 15.5. The Morgan fingerprint density at radius 1 is 1.16 bits per heavy atom. The fraction of sp³-hybridized carbons (Fsp3) is 0.235. The highest BCUT2D eigenvalue weighted by molar-refractivity contribution is 7.14. The van der Waals surface area contributed by atoms with Crippen molar-refractivity contribution in [2.24, 2.45) is 0 Å². The van der Waals surface area contributed by atoms with Crippen molar-refractivity contribution < 1.29 is 31.8 Å². The molecule has 31 heavy (non-hydrogen) atoms.